The molecule has 1 saturated carbocycles. The third-order valence-electron chi connectivity index (χ3n) is 3.59. The lowest BCUT2D eigenvalue weighted by molar-refractivity contribution is 0.0940. The second-order valence-electron chi connectivity index (χ2n) is 5.22. The van der Waals surface area contributed by atoms with Crippen LogP contribution in [0.5, 0.6) is 0 Å². The molecule has 1 aromatic heterocycles. The fourth-order valence-electron chi connectivity index (χ4n) is 2.63. The zero-order valence-electron chi connectivity index (χ0n) is 10.7. The van der Waals surface area contributed by atoms with Gasteiger partial charge in [-0.25, -0.2) is 4.98 Å². The van der Waals surface area contributed by atoms with Crippen LogP contribution in [0.1, 0.15) is 43.0 Å². The van der Waals surface area contributed by atoms with Crippen molar-refractivity contribution in [2.45, 2.75) is 32.6 Å². The molecule has 2 unspecified atom stereocenters. The SMILES string of the molecule is CC1CCCC(CNC(=O)c2ccnc(Cl)c2)C1. The van der Waals surface area contributed by atoms with Crippen LogP contribution in [0, 0.1) is 11.8 Å². The molecule has 0 saturated heterocycles. The van der Waals surface area contributed by atoms with E-state index < -0.39 is 0 Å². The standard InChI is InChI=1S/C14H19ClN2O/c1-10-3-2-4-11(7-10)9-17-14(18)12-5-6-16-13(15)8-12/h5-6,8,10-11H,2-4,7,9H2,1H3,(H,17,18). The second kappa shape index (κ2) is 6.19. The molecule has 0 aliphatic heterocycles. The third-order valence-corrected chi connectivity index (χ3v) is 3.79. The molecule has 0 spiro atoms. The summed E-state index contributed by atoms with van der Waals surface area (Å²) < 4.78 is 0. The predicted molar refractivity (Wildman–Crippen MR) is 72.7 cm³/mol. The van der Waals surface area contributed by atoms with Crippen LogP contribution >= 0.6 is 11.6 Å². The summed E-state index contributed by atoms with van der Waals surface area (Å²) in [5, 5.41) is 3.35. The maximum absolute atomic E-state index is 11.9. The summed E-state index contributed by atoms with van der Waals surface area (Å²) >= 11 is 5.77. The van der Waals surface area contributed by atoms with Crippen LogP contribution in [-0.2, 0) is 0 Å². The molecule has 1 aliphatic rings. The summed E-state index contributed by atoms with van der Waals surface area (Å²) in [6, 6.07) is 3.28. The first kappa shape index (κ1) is 13.3. The van der Waals surface area contributed by atoms with Gasteiger partial charge in [0.2, 0.25) is 0 Å². The molecular weight excluding hydrogens is 248 g/mol. The first-order valence-corrected chi connectivity index (χ1v) is 6.92. The highest BCUT2D eigenvalue weighted by molar-refractivity contribution is 6.29. The average molecular weight is 267 g/mol. The van der Waals surface area contributed by atoms with E-state index in [1.165, 1.54) is 25.7 Å². The summed E-state index contributed by atoms with van der Waals surface area (Å²) in [5.41, 5.74) is 0.582. The smallest absolute Gasteiger partial charge is 0.251 e. The van der Waals surface area contributed by atoms with Crippen molar-refractivity contribution in [2.24, 2.45) is 11.8 Å². The van der Waals surface area contributed by atoms with Gasteiger partial charge < -0.3 is 5.32 Å². The fraction of sp³-hybridized carbons (Fsp3) is 0.571. The highest BCUT2D eigenvalue weighted by atomic mass is 35.5. The number of hydrogen-bond acceptors (Lipinski definition) is 2. The molecule has 1 fully saturated rings. The van der Waals surface area contributed by atoms with Gasteiger partial charge in [-0.3, -0.25) is 4.79 Å². The fourth-order valence-corrected chi connectivity index (χ4v) is 2.80. The lowest BCUT2D eigenvalue weighted by Gasteiger charge is -2.26. The molecule has 4 heteroatoms. The van der Waals surface area contributed by atoms with E-state index in [1.54, 1.807) is 18.3 Å². The van der Waals surface area contributed by atoms with Gasteiger partial charge in [0.25, 0.3) is 5.91 Å². The van der Waals surface area contributed by atoms with E-state index in [0.29, 0.717) is 16.6 Å². The first-order chi connectivity index (χ1) is 8.65. The lowest BCUT2D eigenvalue weighted by atomic mass is 9.82. The van der Waals surface area contributed by atoms with Gasteiger partial charge in [-0.1, -0.05) is 31.4 Å². The number of hydrogen-bond donors (Lipinski definition) is 1. The Kier molecular flexibility index (Phi) is 4.59. The number of pyridine rings is 1. The second-order valence-corrected chi connectivity index (χ2v) is 5.60. The van der Waals surface area contributed by atoms with Crippen LogP contribution in [0.4, 0.5) is 0 Å². The molecule has 1 aliphatic carbocycles. The van der Waals surface area contributed by atoms with Crippen LogP contribution in [0.3, 0.4) is 0 Å². The van der Waals surface area contributed by atoms with E-state index in [9.17, 15) is 4.79 Å². The Balaban J connectivity index is 1.84. The summed E-state index contributed by atoms with van der Waals surface area (Å²) in [6.07, 6.45) is 6.60. The number of rotatable bonds is 3. The minimum atomic E-state index is -0.0578. The minimum Gasteiger partial charge on any atom is -0.352 e. The van der Waals surface area contributed by atoms with Crippen LogP contribution in [0.15, 0.2) is 18.3 Å². The highest BCUT2D eigenvalue weighted by Crippen LogP contribution is 2.27. The molecule has 1 amide bonds. The zero-order valence-corrected chi connectivity index (χ0v) is 11.4. The van der Waals surface area contributed by atoms with E-state index in [1.807, 2.05) is 0 Å². The molecule has 3 nitrogen and oxygen atoms in total. The molecule has 0 bridgehead atoms. The van der Waals surface area contributed by atoms with E-state index in [-0.39, 0.29) is 5.91 Å². The van der Waals surface area contributed by atoms with Crippen molar-refractivity contribution >= 4 is 17.5 Å². The monoisotopic (exact) mass is 266 g/mol. The topological polar surface area (TPSA) is 42.0 Å². The largest absolute Gasteiger partial charge is 0.352 e. The molecular formula is C14H19ClN2O. The molecule has 18 heavy (non-hydrogen) atoms. The van der Waals surface area contributed by atoms with Gasteiger partial charge in [-0.2, -0.15) is 0 Å². The van der Waals surface area contributed by atoms with Crippen LogP contribution in [0.2, 0.25) is 5.15 Å². The summed E-state index contributed by atoms with van der Waals surface area (Å²) in [4.78, 5) is 15.8. The zero-order chi connectivity index (χ0) is 13.0. The molecule has 1 N–H and O–H groups in total. The number of halogens is 1. The number of aromatic nitrogens is 1. The van der Waals surface area contributed by atoms with Crippen molar-refractivity contribution in [2.75, 3.05) is 6.54 Å². The van der Waals surface area contributed by atoms with E-state index >= 15 is 0 Å². The van der Waals surface area contributed by atoms with Gasteiger partial charge in [-0.05, 0) is 36.8 Å². The molecule has 1 heterocycles. The Labute approximate surface area is 113 Å². The average Bonchev–Trinajstić information content (AvgIpc) is 2.36. The van der Waals surface area contributed by atoms with Gasteiger partial charge in [0, 0.05) is 18.3 Å². The minimum absolute atomic E-state index is 0.0578. The summed E-state index contributed by atoms with van der Waals surface area (Å²) in [6.45, 7) is 3.06. The number of nitrogens with zero attached hydrogens (tertiary/aromatic N) is 1. The molecule has 98 valence electrons. The van der Waals surface area contributed by atoms with Gasteiger partial charge in [0.05, 0.1) is 0 Å². The van der Waals surface area contributed by atoms with Gasteiger partial charge in [0.1, 0.15) is 5.15 Å². The highest BCUT2D eigenvalue weighted by Gasteiger charge is 2.19. The molecule has 0 radical (unpaired) electrons. The molecule has 0 aromatic carbocycles. The normalized spacial score (nSPS) is 23.7. The van der Waals surface area contributed by atoms with Gasteiger partial charge in [-0.15, -0.1) is 0 Å². The van der Waals surface area contributed by atoms with E-state index in [2.05, 4.69) is 17.2 Å². The van der Waals surface area contributed by atoms with Crippen molar-refractivity contribution in [3.63, 3.8) is 0 Å². The Hall–Kier alpha value is -1.09. The van der Waals surface area contributed by atoms with Crippen molar-refractivity contribution in [1.82, 2.24) is 10.3 Å². The van der Waals surface area contributed by atoms with Crippen LogP contribution in [0.25, 0.3) is 0 Å². The van der Waals surface area contributed by atoms with E-state index in [4.69, 9.17) is 11.6 Å². The van der Waals surface area contributed by atoms with Gasteiger partial charge in [0.15, 0.2) is 0 Å². The quantitative estimate of drug-likeness (QED) is 0.853. The Bertz CT molecular complexity index is 422. The van der Waals surface area contributed by atoms with E-state index in [0.717, 1.165) is 12.5 Å². The number of carbonyl (C=O) groups is 1. The Morgan fingerprint density at radius 2 is 2.39 bits per heavy atom. The number of carbonyl (C=O) groups excluding carboxylic acids is 1. The maximum Gasteiger partial charge on any atom is 0.251 e. The predicted octanol–water partition coefficient (Wildman–Crippen LogP) is 3.29. The van der Waals surface area contributed by atoms with Crippen molar-refractivity contribution in [1.29, 1.82) is 0 Å². The third kappa shape index (κ3) is 3.70. The van der Waals surface area contributed by atoms with Crippen molar-refractivity contribution < 1.29 is 4.79 Å². The van der Waals surface area contributed by atoms with Crippen molar-refractivity contribution in [3.8, 4) is 0 Å². The summed E-state index contributed by atoms with van der Waals surface area (Å²) in [5.74, 6) is 1.35. The number of amides is 1. The van der Waals surface area contributed by atoms with Crippen LogP contribution in [-0.4, -0.2) is 17.4 Å². The number of nitrogens with one attached hydrogen (secondary N) is 1. The van der Waals surface area contributed by atoms with Crippen molar-refractivity contribution in [3.05, 3.63) is 29.0 Å². The molecule has 1 aromatic rings. The molecule has 2 rings (SSSR count). The lowest BCUT2D eigenvalue weighted by Crippen LogP contribution is -2.31. The summed E-state index contributed by atoms with van der Waals surface area (Å²) in [7, 11) is 0. The maximum atomic E-state index is 11.9. The Morgan fingerprint density at radius 3 is 3.11 bits per heavy atom. The Morgan fingerprint density at radius 1 is 1.56 bits per heavy atom. The molecule has 2 atom stereocenters. The van der Waals surface area contributed by atoms with Crippen LogP contribution < -0.4 is 5.32 Å². The van der Waals surface area contributed by atoms with Gasteiger partial charge >= 0.3 is 0 Å². The first-order valence-electron chi connectivity index (χ1n) is 6.55.